The molecule has 33 heavy (non-hydrogen) atoms. The molecule has 2 amide bonds. The molecule has 4 nitrogen and oxygen atoms in total. The molecule has 0 aliphatic carbocycles. The molecule has 3 rings (SSSR count). The van der Waals surface area contributed by atoms with Gasteiger partial charge in [0, 0.05) is 16.8 Å². The lowest BCUT2D eigenvalue weighted by Gasteiger charge is -2.19. The second-order valence-electron chi connectivity index (χ2n) is 10.3. The highest BCUT2D eigenvalue weighted by atomic mass is 35.5. The van der Waals surface area contributed by atoms with Gasteiger partial charge in [-0.1, -0.05) is 77.4 Å². The van der Waals surface area contributed by atoms with E-state index in [2.05, 4.69) is 52.2 Å². The molecule has 0 aliphatic heterocycles. The number of carbonyl (C=O) groups excluding carboxylic acids is 2. The zero-order valence-corrected chi connectivity index (χ0v) is 20.8. The smallest absolute Gasteiger partial charge is 0.255 e. The van der Waals surface area contributed by atoms with Crippen LogP contribution in [-0.4, -0.2) is 11.8 Å². The summed E-state index contributed by atoms with van der Waals surface area (Å²) >= 11 is 6.38. The van der Waals surface area contributed by atoms with Crippen LogP contribution in [0.4, 0.5) is 11.4 Å². The summed E-state index contributed by atoms with van der Waals surface area (Å²) in [5.74, 6) is -0.463. The minimum absolute atomic E-state index is 0.0210. The molecule has 3 aromatic carbocycles. The predicted molar refractivity (Wildman–Crippen MR) is 138 cm³/mol. The van der Waals surface area contributed by atoms with Crippen LogP contribution in [0.3, 0.4) is 0 Å². The van der Waals surface area contributed by atoms with E-state index in [0.717, 1.165) is 11.1 Å². The Balaban J connectivity index is 1.67. The SMILES string of the molecule is CC(C)(C)c1ccc(C(=O)Nc2ccc(NC(=O)c3ccc(C(C)(C)C)cc3)c(Cl)c2)cc1. The third kappa shape index (κ3) is 6.23. The fourth-order valence-electron chi connectivity index (χ4n) is 3.34. The number of rotatable bonds is 4. The van der Waals surface area contributed by atoms with Gasteiger partial charge in [-0.15, -0.1) is 0 Å². The maximum absolute atomic E-state index is 12.6. The van der Waals surface area contributed by atoms with E-state index in [1.165, 1.54) is 0 Å². The fraction of sp³-hybridized carbons (Fsp3) is 0.286. The van der Waals surface area contributed by atoms with Crippen LogP contribution in [0.15, 0.2) is 66.7 Å². The second-order valence-corrected chi connectivity index (χ2v) is 10.7. The number of anilines is 2. The summed E-state index contributed by atoms with van der Waals surface area (Å²) in [7, 11) is 0. The molecule has 0 radical (unpaired) electrons. The van der Waals surface area contributed by atoms with Gasteiger partial charge < -0.3 is 10.6 Å². The lowest BCUT2D eigenvalue weighted by molar-refractivity contribution is 0.101. The molecule has 0 unspecified atom stereocenters. The Morgan fingerprint density at radius 2 is 1.06 bits per heavy atom. The number of nitrogens with one attached hydrogen (secondary N) is 2. The van der Waals surface area contributed by atoms with Crippen molar-refractivity contribution in [1.82, 2.24) is 0 Å². The van der Waals surface area contributed by atoms with Gasteiger partial charge in [-0.3, -0.25) is 9.59 Å². The van der Waals surface area contributed by atoms with Gasteiger partial charge in [-0.05, 0) is 64.4 Å². The van der Waals surface area contributed by atoms with Gasteiger partial charge in [0.05, 0.1) is 10.7 Å². The predicted octanol–water partition coefficient (Wildman–Crippen LogP) is 7.44. The minimum atomic E-state index is -0.243. The normalized spacial score (nSPS) is 11.7. The Morgan fingerprint density at radius 3 is 1.45 bits per heavy atom. The molecule has 0 atom stereocenters. The van der Waals surface area contributed by atoms with Gasteiger partial charge in [-0.25, -0.2) is 0 Å². The van der Waals surface area contributed by atoms with Crippen molar-refractivity contribution in [2.75, 3.05) is 10.6 Å². The highest BCUT2D eigenvalue weighted by Gasteiger charge is 2.16. The molecular formula is C28H31ClN2O2. The molecule has 0 aliphatic rings. The molecule has 172 valence electrons. The first-order valence-electron chi connectivity index (χ1n) is 11.0. The number of benzene rings is 3. The number of halogens is 1. The van der Waals surface area contributed by atoms with Crippen LogP contribution in [0.2, 0.25) is 5.02 Å². The lowest BCUT2D eigenvalue weighted by atomic mass is 9.86. The maximum atomic E-state index is 12.6. The Labute approximate surface area is 201 Å². The van der Waals surface area contributed by atoms with Crippen LogP contribution in [0, 0.1) is 0 Å². The summed E-state index contributed by atoms with van der Waals surface area (Å²) in [4.78, 5) is 25.2. The van der Waals surface area contributed by atoms with Gasteiger partial charge in [0.1, 0.15) is 0 Å². The van der Waals surface area contributed by atoms with Crippen molar-refractivity contribution in [3.05, 3.63) is 94.0 Å². The Kier molecular flexibility index (Phi) is 6.99. The zero-order chi connectivity index (χ0) is 24.4. The quantitative estimate of drug-likeness (QED) is 0.423. The second kappa shape index (κ2) is 9.40. The van der Waals surface area contributed by atoms with E-state index in [-0.39, 0.29) is 22.6 Å². The van der Waals surface area contributed by atoms with Crippen molar-refractivity contribution < 1.29 is 9.59 Å². The van der Waals surface area contributed by atoms with Crippen LogP contribution >= 0.6 is 11.6 Å². The number of carbonyl (C=O) groups is 2. The molecule has 0 saturated carbocycles. The number of hydrogen-bond donors (Lipinski definition) is 2. The maximum Gasteiger partial charge on any atom is 0.255 e. The highest BCUT2D eigenvalue weighted by molar-refractivity contribution is 6.34. The summed E-state index contributed by atoms with van der Waals surface area (Å²) < 4.78 is 0. The van der Waals surface area contributed by atoms with E-state index in [0.29, 0.717) is 27.5 Å². The summed E-state index contributed by atoms with van der Waals surface area (Å²) in [5, 5.41) is 6.03. The molecule has 2 N–H and O–H groups in total. The third-order valence-corrected chi connectivity index (χ3v) is 5.81. The average molecular weight is 463 g/mol. The Morgan fingerprint density at radius 1 is 0.636 bits per heavy atom. The Bertz CT molecular complexity index is 1150. The molecule has 0 heterocycles. The minimum Gasteiger partial charge on any atom is -0.322 e. The molecule has 0 aromatic heterocycles. The van der Waals surface area contributed by atoms with Gasteiger partial charge in [0.15, 0.2) is 0 Å². The molecule has 0 fully saturated rings. The molecule has 0 spiro atoms. The molecule has 0 saturated heterocycles. The fourth-order valence-corrected chi connectivity index (χ4v) is 3.56. The van der Waals surface area contributed by atoms with E-state index >= 15 is 0 Å². The molecule has 5 heteroatoms. The largest absolute Gasteiger partial charge is 0.322 e. The standard InChI is InChI=1S/C28H31ClN2O2/c1-27(2,3)20-11-7-18(8-12-20)25(32)30-22-15-16-24(23(29)17-22)31-26(33)19-9-13-21(14-10-19)28(4,5)6/h7-17H,1-6H3,(H,30,32)(H,31,33). The van der Waals surface area contributed by atoms with E-state index in [1.54, 1.807) is 18.2 Å². The molecule has 0 bridgehead atoms. The van der Waals surface area contributed by atoms with Gasteiger partial charge in [0.25, 0.3) is 11.8 Å². The van der Waals surface area contributed by atoms with Crippen LogP contribution in [0.25, 0.3) is 0 Å². The summed E-state index contributed by atoms with van der Waals surface area (Å²) in [6.07, 6.45) is 0. The van der Waals surface area contributed by atoms with Crippen molar-refractivity contribution in [3.8, 4) is 0 Å². The van der Waals surface area contributed by atoms with E-state index in [1.807, 2.05) is 48.5 Å². The van der Waals surface area contributed by atoms with E-state index < -0.39 is 0 Å². The van der Waals surface area contributed by atoms with Gasteiger partial charge >= 0.3 is 0 Å². The number of hydrogen-bond acceptors (Lipinski definition) is 2. The summed E-state index contributed by atoms with van der Waals surface area (Å²) in [6.45, 7) is 12.8. The van der Waals surface area contributed by atoms with Crippen molar-refractivity contribution in [2.24, 2.45) is 0 Å². The van der Waals surface area contributed by atoms with Gasteiger partial charge in [-0.2, -0.15) is 0 Å². The molecular weight excluding hydrogens is 432 g/mol. The van der Waals surface area contributed by atoms with Crippen LogP contribution in [0.5, 0.6) is 0 Å². The summed E-state index contributed by atoms with van der Waals surface area (Å²) in [5.41, 5.74) is 4.52. The monoisotopic (exact) mass is 462 g/mol. The summed E-state index contributed by atoms with van der Waals surface area (Å²) in [6, 6.07) is 20.1. The first-order chi connectivity index (χ1) is 15.3. The zero-order valence-electron chi connectivity index (χ0n) is 20.0. The lowest BCUT2D eigenvalue weighted by Crippen LogP contribution is -2.15. The average Bonchev–Trinajstić information content (AvgIpc) is 2.74. The third-order valence-electron chi connectivity index (χ3n) is 5.50. The van der Waals surface area contributed by atoms with Crippen LogP contribution < -0.4 is 10.6 Å². The van der Waals surface area contributed by atoms with E-state index in [9.17, 15) is 9.59 Å². The van der Waals surface area contributed by atoms with Crippen LogP contribution in [0.1, 0.15) is 73.4 Å². The van der Waals surface area contributed by atoms with E-state index in [4.69, 9.17) is 11.6 Å². The molecule has 3 aromatic rings. The van der Waals surface area contributed by atoms with Crippen molar-refractivity contribution in [3.63, 3.8) is 0 Å². The Hall–Kier alpha value is -3.11. The number of amides is 2. The first kappa shape index (κ1) is 24.5. The van der Waals surface area contributed by atoms with Gasteiger partial charge in [0.2, 0.25) is 0 Å². The van der Waals surface area contributed by atoms with Crippen molar-refractivity contribution in [2.45, 2.75) is 52.4 Å². The van der Waals surface area contributed by atoms with Crippen molar-refractivity contribution >= 4 is 34.8 Å². The highest BCUT2D eigenvalue weighted by Crippen LogP contribution is 2.28. The first-order valence-corrected chi connectivity index (χ1v) is 11.4. The van der Waals surface area contributed by atoms with Crippen molar-refractivity contribution in [1.29, 1.82) is 0 Å². The van der Waals surface area contributed by atoms with Crippen LogP contribution in [-0.2, 0) is 10.8 Å². The topological polar surface area (TPSA) is 58.2 Å².